The van der Waals surface area contributed by atoms with Crippen LogP contribution in [0, 0.1) is 0 Å². The molecule has 0 bridgehead atoms. The first-order valence-corrected chi connectivity index (χ1v) is 8.70. The summed E-state index contributed by atoms with van der Waals surface area (Å²) in [5, 5.41) is 16.1. The number of hydrogen-bond donors (Lipinski definition) is 2. The van der Waals surface area contributed by atoms with Gasteiger partial charge >= 0.3 is 0 Å². The van der Waals surface area contributed by atoms with E-state index in [1.54, 1.807) is 23.1 Å². The van der Waals surface area contributed by atoms with E-state index in [2.05, 4.69) is 25.9 Å². The third kappa shape index (κ3) is 5.00. The molecule has 144 valence electrons. The molecule has 3 rings (SSSR count). The van der Waals surface area contributed by atoms with Gasteiger partial charge in [0.2, 0.25) is 5.91 Å². The number of tetrazole rings is 1. The van der Waals surface area contributed by atoms with Gasteiger partial charge in [0.15, 0.2) is 5.82 Å². The van der Waals surface area contributed by atoms with E-state index in [1.807, 2.05) is 6.07 Å². The number of nitrogens with zero attached hydrogens (tertiary/aromatic N) is 4. The summed E-state index contributed by atoms with van der Waals surface area (Å²) in [4.78, 5) is 26.1. The number of amides is 2. The van der Waals surface area contributed by atoms with Crippen LogP contribution in [0.3, 0.4) is 0 Å². The SMILES string of the molecule is COCC(=O)N1CCC(Oc2ccccc2C(=O)NCc2nn[nH]n2)CC1. The minimum absolute atomic E-state index is 0.0165. The first-order valence-electron chi connectivity index (χ1n) is 8.70. The van der Waals surface area contributed by atoms with Gasteiger partial charge in [-0.2, -0.15) is 5.21 Å². The number of piperidine rings is 1. The highest BCUT2D eigenvalue weighted by Crippen LogP contribution is 2.23. The van der Waals surface area contributed by atoms with E-state index in [9.17, 15) is 9.59 Å². The number of rotatable bonds is 7. The highest BCUT2D eigenvalue weighted by Gasteiger charge is 2.25. The Hall–Kier alpha value is -3.01. The van der Waals surface area contributed by atoms with Crippen molar-refractivity contribution in [1.82, 2.24) is 30.8 Å². The second-order valence-corrected chi connectivity index (χ2v) is 6.14. The molecule has 1 aliphatic heterocycles. The lowest BCUT2D eigenvalue weighted by Gasteiger charge is -2.32. The molecule has 2 N–H and O–H groups in total. The lowest BCUT2D eigenvalue weighted by molar-refractivity contribution is -0.136. The number of carbonyl (C=O) groups is 2. The van der Waals surface area contributed by atoms with Crippen molar-refractivity contribution in [2.75, 3.05) is 26.8 Å². The molecule has 1 saturated heterocycles. The Labute approximate surface area is 156 Å². The Balaban J connectivity index is 1.56. The largest absolute Gasteiger partial charge is 0.489 e. The molecule has 0 atom stereocenters. The van der Waals surface area contributed by atoms with Gasteiger partial charge in [0.25, 0.3) is 5.91 Å². The van der Waals surface area contributed by atoms with Crippen LogP contribution < -0.4 is 10.1 Å². The molecule has 2 heterocycles. The molecule has 0 unspecified atom stereocenters. The Morgan fingerprint density at radius 3 is 2.78 bits per heavy atom. The minimum Gasteiger partial charge on any atom is -0.489 e. The number of para-hydroxylation sites is 1. The van der Waals surface area contributed by atoms with Crippen LogP contribution in [0.25, 0.3) is 0 Å². The molecule has 0 aliphatic carbocycles. The molecule has 10 nitrogen and oxygen atoms in total. The van der Waals surface area contributed by atoms with Gasteiger partial charge in [-0.3, -0.25) is 9.59 Å². The molecular formula is C17H22N6O4. The van der Waals surface area contributed by atoms with Crippen molar-refractivity contribution in [1.29, 1.82) is 0 Å². The van der Waals surface area contributed by atoms with Crippen LogP contribution in [-0.4, -0.2) is 70.2 Å². The third-order valence-corrected chi connectivity index (χ3v) is 4.28. The van der Waals surface area contributed by atoms with Gasteiger partial charge < -0.3 is 19.7 Å². The van der Waals surface area contributed by atoms with E-state index in [0.717, 1.165) is 0 Å². The number of carbonyl (C=O) groups excluding carboxylic acids is 2. The Kier molecular flexibility index (Phi) is 6.31. The Bertz CT molecular complexity index is 759. The van der Waals surface area contributed by atoms with Crippen LogP contribution in [-0.2, 0) is 16.1 Å². The van der Waals surface area contributed by atoms with Gasteiger partial charge in [-0.1, -0.05) is 17.3 Å². The molecule has 0 saturated carbocycles. The smallest absolute Gasteiger partial charge is 0.255 e. The molecule has 1 aromatic carbocycles. The predicted octanol–water partition coefficient (Wildman–Crippen LogP) is 0.146. The zero-order valence-electron chi connectivity index (χ0n) is 15.1. The van der Waals surface area contributed by atoms with Crippen molar-refractivity contribution in [3.63, 3.8) is 0 Å². The second-order valence-electron chi connectivity index (χ2n) is 6.14. The average Bonchev–Trinajstić information content (AvgIpc) is 3.21. The van der Waals surface area contributed by atoms with E-state index in [4.69, 9.17) is 9.47 Å². The predicted molar refractivity (Wildman–Crippen MR) is 93.9 cm³/mol. The third-order valence-electron chi connectivity index (χ3n) is 4.28. The van der Waals surface area contributed by atoms with Crippen LogP contribution in [0.1, 0.15) is 29.0 Å². The van der Waals surface area contributed by atoms with E-state index < -0.39 is 0 Å². The summed E-state index contributed by atoms with van der Waals surface area (Å²) in [6.45, 7) is 1.48. The van der Waals surface area contributed by atoms with Gasteiger partial charge in [0, 0.05) is 33.0 Å². The number of aromatic amines is 1. The normalized spacial score (nSPS) is 14.8. The van der Waals surface area contributed by atoms with Crippen LogP contribution in [0.2, 0.25) is 0 Å². The van der Waals surface area contributed by atoms with E-state index >= 15 is 0 Å². The van der Waals surface area contributed by atoms with E-state index in [1.165, 1.54) is 7.11 Å². The first kappa shape index (κ1) is 18.8. The van der Waals surface area contributed by atoms with Crippen molar-refractivity contribution in [3.05, 3.63) is 35.7 Å². The number of ether oxygens (including phenoxy) is 2. The molecule has 0 radical (unpaired) electrons. The lowest BCUT2D eigenvalue weighted by Crippen LogP contribution is -2.43. The standard InChI is InChI=1S/C17H22N6O4/c1-26-11-16(24)23-8-6-12(7-9-23)27-14-5-3-2-4-13(14)17(25)18-10-15-19-21-22-20-15/h2-5,12H,6-11H2,1H3,(H,18,25)(H,19,20,21,22). The second kappa shape index (κ2) is 9.08. The average molecular weight is 374 g/mol. The maximum atomic E-state index is 12.5. The highest BCUT2D eigenvalue weighted by molar-refractivity contribution is 5.96. The number of H-pyrrole nitrogens is 1. The molecule has 1 aliphatic rings. The molecule has 2 amide bonds. The molecule has 1 fully saturated rings. The maximum absolute atomic E-state index is 12.5. The summed E-state index contributed by atoms with van der Waals surface area (Å²) < 4.78 is 10.9. The summed E-state index contributed by atoms with van der Waals surface area (Å²) in [5.41, 5.74) is 0.443. The fourth-order valence-corrected chi connectivity index (χ4v) is 2.89. The maximum Gasteiger partial charge on any atom is 0.255 e. The van der Waals surface area contributed by atoms with Gasteiger partial charge in [-0.25, -0.2) is 0 Å². The lowest BCUT2D eigenvalue weighted by atomic mass is 10.1. The number of methoxy groups -OCH3 is 1. The van der Waals surface area contributed by atoms with Crippen LogP contribution in [0.5, 0.6) is 5.75 Å². The van der Waals surface area contributed by atoms with Crippen molar-refractivity contribution in [3.8, 4) is 5.75 Å². The van der Waals surface area contributed by atoms with E-state index in [0.29, 0.717) is 43.1 Å². The van der Waals surface area contributed by atoms with Gasteiger partial charge in [-0.05, 0) is 12.1 Å². The van der Waals surface area contributed by atoms with Gasteiger partial charge in [0.05, 0.1) is 12.1 Å². The fraction of sp³-hybridized carbons (Fsp3) is 0.471. The van der Waals surface area contributed by atoms with Crippen LogP contribution in [0.15, 0.2) is 24.3 Å². The quantitative estimate of drug-likeness (QED) is 0.707. The number of nitrogens with one attached hydrogen (secondary N) is 2. The topological polar surface area (TPSA) is 122 Å². The van der Waals surface area contributed by atoms with Crippen molar-refractivity contribution >= 4 is 11.8 Å². The van der Waals surface area contributed by atoms with Crippen molar-refractivity contribution in [2.45, 2.75) is 25.5 Å². The summed E-state index contributed by atoms with van der Waals surface area (Å²) in [5.74, 6) is 0.625. The fourth-order valence-electron chi connectivity index (χ4n) is 2.89. The Morgan fingerprint density at radius 2 is 2.07 bits per heavy atom. The number of benzene rings is 1. The summed E-state index contributed by atoms with van der Waals surface area (Å²) in [7, 11) is 1.51. The number of likely N-dealkylation sites (tertiary alicyclic amines) is 1. The molecular weight excluding hydrogens is 352 g/mol. The zero-order valence-corrected chi connectivity index (χ0v) is 15.1. The molecule has 2 aromatic rings. The number of hydrogen-bond acceptors (Lipinski definition) is 7. The van der Waals surface area contributed by atoms with Crippen molar-refractivity contribution in [2.24, 2.45) is 0 Å². The number of aromatic nitrogens is 4. The molecule has 10 heteroatoms. The highest BCUT2D eigenvalue weighted by atomic mass is 16.5. The first-order chi connectivity index (χ1) is 13.2. The Morgan fingerprint density at radius 1 is 1.30 bits per heavy atom. The molecule has 1 aromatic heterocycles. The van der Waals surface area contributed by atoms with Crippen molar-refractivity contribution < 1.29 is 19.1 Å². The summed E-state index contributed by atoms with van der Waals surface area (Å²) in [6, 6.07) is 7.08. The zero-order chi connectivity index (χ0) is 19.1. The minimum atomic E-state index is -0.275. The van der Waals surface area contributed by atoms with E-state index in [-0.39, 0.29) is 31.1 Å². The van der Waals surface area contributed by atoms with Crippen LogP contribution in [0.4, 0.5) is 0 Å². The van der Waals surface area contributed by atoms with Gasteiger partial charge in [-0.15, -0.1) is 10.2 Å². The monoisotopic (exact) mass is 374 g/mol. The molecule has 27 heavy (non-hydrogen) atoms. The molecule has 0 spiro atoms. The summed E-state index contributed by atoms with van der Waals surface area (Å²) >= 11 is 0. The summed E-state index contributed by atoms with van der Waals surface area (Å²) in [6.07, 6.45) is 1.35. The van der Waals surface area contributed by atoms with Crippen LogP contribution >= 0.6 is 0 Å². The van der Waals surface area contributed by atoms with Gasteiger partial charge in [0.1, 0.15) is 18.5 Å².